The molecule has 0 saturated heterocycles. The third-order valence-corrected chi connectivity index (χ3v) is 2.93. The van der Waals surface area contributed by atoms with Gasteiger partial charge in [0.15, 0.2) is 11.6 Å². The van der Waals surface area contributed by atoms with Gasteiger partial charge in [0.1, 0.15) is 5.69 Å². The van der Waals surface area contributed by atoms with Gasteiger partial charge in [-0.3, -0.25) is 4.79 Å². The molecule has 0 aromatic heterocycles. The average molecular weight is 321 g/mol. The zero-order valence-corrected chi connectivity index (χ0v) is 11.9. The van der Waals surface area contributed by atoms with Crippen LogP contribution >= 0.6 is 15.9 Å². The lowest BCUT2D eigenvalue weighted by Gasteiger charge is -2.25. The molecule has 0 aliphatic rings. The molecule has 1 atom stereocenters. The van der Waals surface area contributed by atoms with Gasteiger partial charge in [0.2, 0.25) is 5.91 Å². The monoisotopic (exact) mass is 320 g/mol. The van der Waals surface area contributed by atoms with E-state index in [0.29, 0.717) is 0 Å². The molecule has 0 aliphatic carbocycles. The Kier molecular flexibility index (Phi) is 4.45. The van der Waals surface area contributed by atoms with Gasteiger partial charge in [0.05, 0.1) is 6.04 Å². The van der Waals surface area contributed by atoms with Crippen molar-refractivity contribution in [3.8, 4) is 0 Å². The Morgan fingerprint density at radius 2 is 1.78 bits per heavy atom. The van der Waals surface area contributed by atoms with Gasteiger partial charge in [-0.1, -0.05) is 36.7 Å². The Labute approximate surface area is 113 Å². The fraction of sp³-hybridized carbons (Fsp3) is 0.417. The van der Waals surface area contributed by atoms with E-state index < -0.39 is 34.7 Å². The number of hydrogen-bond acceptors (Lipinski definition) is 2. The van der Waals surface area contributed by atoms with E-state index in [4.69, 9.17) is 5.73 Å². The van der Waals surface area contributed by atoms with E-state index in [0.717, 1.165) is 12.1 Å². The third-order valence-electron chi connectivity index (χ3n) is 2.47. The van der Waals surface area contributed by atoms with Gasteiger partial charge in [-0.05, 0) is 17.5 Å². The maximum absolute atomic E-state index is 13.5. The number of halogens is 3. The highest BCUT2D eigenvalue weighted by Gasteiger charge is 2.28. The summed E-state index contributed by atoms with van der Waals surface area (Å²) in [6, 6.07) is 1.28. The smallest absolute Gasteiger partial charge is 0.241 e. The lowest BCUT2D eigenvalue weighted by molar-refractivity contribution is -0.119. The molecule has 0 saturated carbocycles. The summed E-state index contributed by atoms with van der Waals surface area (Å²) in [5, 5.41) is 2.18. The Hall–Kier alpha value is -1.01. The molecule has 0 bridgehead atoms. The van der Waals surface area contributed by atoms with Crippen LogP contribution in [-0.2, 0) is 4.79 Å². The molecular weight excluding hydrogens is 306 g/mol. The first-order valence-corrected chi connectivity index (χ1v) is 6.13. The van der Waals surface area contributed by atoms with Crippen LogP contribution in [0.1, 0.15) is 20.8 Å². The molecule has 0 radical (unpaired) electrons. The topological polar surface area (TPSA) is 55.1 Å². The molecule has 18 heavy (non-hydrogen) atoms. The van der Waals surface area contributed by atoms with Crippen molar-refractivity contribution < 1.29 is 13.6 Å². The zero-order valence-electron chi connectivity index (χ0n) is 10.4. The molecule has 1 rings (SSSR count). The highest BCUT2D eigenvalue weighted by molar-refractivity contribution is 9.10. The van der Waals surface area contributed by atoms with Crippen molar-refractivity contribution in [3.05, 3.63) is 28.2 Å². The number of amides is 1. The van der Waals surface area contributed by atoms with E-state index in [1.165, 1.54) is 0 Å². The lowest BCUT2D eigenvalue weighted by atomic mass is 9.87. The first-order valence-electron chi connectivity index (χ1n) is 5.34. The van der Waals surface area contributed by atoms with Crippen LogP contribution in [-0.4, -0.2) is 11.9 Å². The molecule has 0 unspecified atom stereocenters. The third kappa shape index (κ3) is 3.49. The number of carbonyl (C=O) groups is 1. The van der Waals surface area contributed by atoms with Crippen molar-refractivity contribution in [1.29, 1.82) is 0 Å². The van der Waals surface area contributed by atoms with Gasteiger partial charge < -0.3 is 11.1 Å². The summed E-state index contributed by atoms with van der Waals surface area (Å²) in [7, 11) is 0. The van der Waals surface area contributed by atoms with Crippen LogP contribution in [0.4, 0.5) is 14.5 Å². The quantitative estimate of drug-likeness (QED) is 0.880. The predicted octanol–water partition coefficient (Wildman–Crippen LogP) is 3.04. The minimum Gasteiger partial charge on any atom is -0.320 e. The number of carbonyl (C=O) groups excluding carboxylic acids is 1. The standard InChI is InChI=1S/C12H15BrF2N2O/c1-12(2,3)10(16)11(18)17-9-7(14)4-6(13)5-8(9)15/h4-5,10H,16H2,1-3H3,(H,17,18)/t10-/m0/s1. The fourth-order valence-corrected chi connectivity index (χ4v) is 1.66. The molecular formula is C12H15BrF2N2O. The first kappa shape index (κ1) is 15.0. The number of nitrogens with two attached hydrogens (primary N) is 1. The second-order valence-electron chi connectivity index (χ2n) is 5.08. The normalized spacial score (nSPS) is 13.3. The van der Waals surface area contributed by atoms with Crippen molar-refractivity contribution in [2.45, 2.75) is 26.8 Å². The van der Waals surface area contributed by atoms with Crippen molar-refractivity contribution >= 4 is 27.5 Å². The predicted molar refractivity (Wildman–Crippen MR) is 70.1 cm³/mol. The van der Waals surface area contributed by atoms with Crippen LogP contribution < -0.4 is 11.1 Å². The number of hydrogen-bond donors (Lipinski definition) is 2. The Morgan fingerprint density at radius 3 is 2.17 bits per heavy atom. The molecule has 1 aromatic carbocycles. The van der Waals surface area contributed by atoms with Crippen LogP contribution in [0, 0.1) is 17.0 Å². The first-order chi connectivity index (χ1) is 8.12. The van der Waals surface area contributed by atoms with Gasteiger partial charge in [-0.25, -0.2) is 8.78 Å². The molecule has 0 heterocycles. The summed E-state index contributed by atoms with van der Waals surface area (Å²) in [5.41, 5.74) is 4.73. The summed E-state index contributed by atoms with van der Waals surface area (Å²) in [5.74, 6) is -2.32. The van der Waals surface area contributed by atoms with Crippen LogP contribution in [0.5, 0.6) is 0 Å². The summed E-state index contributed by atoms with van der Waals surface area (Å²) in [6.07, 6.45) is 0. The van der Waals surface area contributed by atoms with Crippen molar-refractivity contribution in [1.82, 2.24) is 0 Å². The number of benzene rings is 1. The van der Waals surface area contributed by atoms with E-state index in [9.17, 15) is 13.6 Å². The molecule has 1 amide bonds. The van der Waals surface area contributed by atoms with Gasteiger partial charge in [0, 0.05) is 4.47 Å². The number of nitrogens with one attached hydrogen (secondary N) is 1. The summed E-state index contributed by atoms with van der Waals surface area (Å²) in [4.78, 5) is 11.8. The van der Waals surface area contributed by atoms with Gasteiger partial charge in [-0.2, -0.15) is 0 Å². The maximum Gasteiger partial charge on any atom is 0.241 e. The lowest BCUT2D eigenvalue weighted by Crippen LogP contribution is -2.45. The Bertz CT molecular complexity index is 449. The molecule has 0 fully saturated rings. The van der Waals surface area contributed by atoms with E-state index in [2.05, 4.69) is 21.2 Å². The zero-order chi connectivity index (χ0) is 14.1. The highest BCUT2D eigenvalue weighted by atomic mass is 79.9. The number of anilines is 1. The fourth-order valence-electron chi connectivity index (χ4n) is 1.26. The molecule has 3 nitrogen and oxygen atoms in total. The summed E-state index contributed by atoms with van der Waals surface area (Å²) >= 11 is 2.96. The molecule has 6 heteroatoms. The molecule has 1 aromatic rings. The van der Waals surface area contributed by atoms with Crippen molar-refractivity contribution in [2.24, 2.45) is 11.1 Å². The van der Waals surface area contributed by atoms with Gasteiger partial charge >= 0.3 is 0 Å². The van der Waals surface area contributed by atoms with Gasteiger partial charge in [-0.15, -0.1) is 0 Å². The van der Waals surface area contributed by atoms with Crippen LogP contribution in [0.15, 0.2) is 16.6 Å². The number of rotatable bonds is 2. The second-order valence-corrected chi connectivity index (χ2v) is 5.99. The molecule has 3 N–H and O–H groups in total. The van der Waals surface area contributed by atoms with E-state index in [-0.39, 0.29) is 4.47 Å². The summed E-state index contributed by atoms with van der Waals surface area (Å²) < 4.78 is 27.3. The van der Waals surface area contributed by atoms with E-state index in [1.54, 1.807) is 20.8 Å². The molecule has 0 spiro atoms. The minimum atomic E-state index is -0.861. The van der Waals surface area contributed by atoms with Crippen molar-refractivity contribution in [3.63, 3.8) is 0 Å². The Morgan fingerprint density at radius 1 is 1.33 bits per heavy atom. The van der Waals surface area contributed by atoms with Crippen LogP contribution in [0.3, 0.4) is 0 Å². The Balaban J connectivity index is 2.96. The van der Waals surface area contributed by atoms with E-state index in [1.807, 2.05) is 0 Å². The van der Waals surface area contributed by atoms with Crippen LogP contribution in [0.2, 0.25) is 0 Å². The molecule has 0 aliphatic heterocycles. The second kappa shape index (κ2) is 5.32. The SMILES string of the molecule is CC(C)(C)[C@@H](N)C(=O)Nc1c(F)cc(Br)cc1F. The largest absolute Gasteiger partial charge is 0.320 e. The maximum atomic E-state index is 13.5. The van der Waals surface area contributed by atoms with Crippen molar-refractivity contribution in [2.75, 3.05) is 5.32 Å². The molecule has 100 valence electrons. The van der Waals surface area contributed by atoms with Gasteiger partial charge in [0.25, 0.3) is 0 Å². The minimum absolute atomic E-state index is 0.260. The average Bonchev–Trinajstić information content (AvgIpc) is 2.20. The highest BCUT2D eigenvalue weighted by Crippen LogP contribution is 2.25. The van der Waals surface area contributed by atoms with E-state index >= 15 is 0 Å². The summed E-state index contributed by atoms with van der Waals surface area (Å²) in [6.45, 7) is 5.31. The van der Waals surface area contributed by atoms with Crippen LogP contribution in [0.25, 0.3) is 0 Å².